The maximum atomic E-state index is 12.6. The van der Waals surface area contributed by atoms with Crippen LogP contribution in [0, 0.1) is 23.7 Å². The molecule has 5 atom stereocenters. The molecule has 6 nitrogen and oxygen atoms in total. The second kappa shape index (κ2) is 6.13. The Bertz CT molecular complexity index is 521. The monoisotopic (exact) mass is 322 g/mol. The summed E-state index contributed by atoms with van der Waals surface area (Å²) in [7, 11) is 0. The molecule has 0 aromatic heterocycles. The summed E-state index contributed by atoms with van der Waals surface area (Å²) >= 11 is 0. The largest absolute Gasteiger partial charge is 0.464 e. The highest BCUT2D eigenvalue weighted by Crippen LogP contribution is 2.41. The average molecular weight is 322 g/mol. The smallest absolute Gasteiger partial charge is 0.330 e. The minimum Gasteiger partial charge on any atom is -0.464 e. The van der Waals surface area contributed by atoms with Gasteiger partial charge in [0.05, 0.1) is 13.2 Å². The highest BCUT2D eigenvalue weighted by molar-refractivity contribution is 5.89. The summed E-state index contributed by atoms with van der Waals surface area (Å²) in [5, 5.41) is 0. The molecule has 2 saturated carbocycles. The Morgan fingerprint density at radius 1 is 1.00 bits per heavy atom. The van der Waals surface area contributed by atoms with Crippen molar-refractivity contribution in [2.45, 2.75) is 39.7 Å². The zero-order valence-electron chi connectivity index (χ0n) is 14.2. The molecule has 6 heteroatoms. The van der Waals surface area contributed by atoms with Gasteiger partial charge in [0.2, 0.25) is 11.8 Å². The molecule has 3 rings (SSSR count). The number of rotatable bonds is 4. The first kappa shape index (κ1) is 16.3. The Kier molecular flexibility index (Phi) is 4.34. The van der Waals surface area contributed by atoms with E-state index in [0.29, 0.717) is 24.9 Å². The number of amides is 2. The van der Waals surface area contributed by atoms with Crippen LogP contribution in [0.2, 0.25) is 0 Å². The fraction of sp³-hybridized carbons (Fsp3) is 0.824. The van der Waals surface area contributed by atoms with Crippen LogP contribution in [0.15, 0.2) is 0 Å². The van der Waals surface area contributed by atoms with Crippen molar-refractivity contribution in [1.82, 2.24) is 9.80 Å². The van der Waals surface area contributed by atoms with Gasteiger partial charge in [-0.3, -0.25) is 9.59 Å². The SMILES string of the molecule is CCOC(=O)[C@@H]1CN(C(=O)[C@@H]2C[C@@H]2C)CCN1C(=O)[C@H]1C[C@H]1C. The van der Waals surface area contributed by atoms with Gasteiger partial charge in [-0.2, -0.15) is 0 Å². The third-order valence-corrected chi connectivity index (χ3v) is 5.39. The van der Waals surface area contributed by atoms with Crippen LogP contribution in [0.3, 0.4) is 0 Å². The minimum atomic E-state index is -0.651. The van der Waals surface area contributed by atoms with Crippen LogP contribution in [0.1, 0.15) is 33.6 Å². The second-order valence-corrected chi connectivity index (χ2v) is 7.22. The first-order valence-electron chi connectivity index (χ1n) is 8.70. The number of carbonyl (C=O) groups excluding carboxylic acids is 3. The Morgan fingerprint density at radius 2 is 1.57 bits per heavy atom. The molecule has 3 fully saturated rings. The van der Waals surface area contributed by atoms with Gasteiger partial charge in [0.15, 0.2) is 0 Å². The summed E-state index contributed by atoms with van der Waals surface area (Å²) in [5.41, 5.74) is 0. The van der Waals surface area contributed by atoms with E-state index in [2.05, 4.69) is 13.8 Å². The van der Waals surface area contributed by atoms with E-state index < -0.39 is 12.0 Å². The molecule has 1 saturated heterocycles. The zero-order valence-corrected chi connectivity index (χ0v) is 14.2. The van der Waals surface area contributed by atoms with Gasteiger partial charge in [-0.15, -0.1) is 0 Å². The van der Waals surface area contributed by atoms with Gasteiger partial charge in [-0.05, 0) is 31.6 Å². The molecule has 2 amide bonds. The van der Waals surface area contributed by atoms with Gasteiger partial charge in [0.1, 0.15) is 6.04 Å². The van der Waals surface area contributed by atoms with Crippen molar-refractivity contribution in [2.24, 2.45) is 23.7 Å². The standard InChI is InChI=1S/C17H26N2O4/c1-4-23-17(22)14-9-18(15(20)12-7-10(12)2)5-6-19(14)16(21)13-8-11(13)3/h10-14H,4-9H2,1-3H3/t10-,11+,12+,13-,14-/m0/s1. The third-order valence-electron chi connectivity index (χ3n) is 5.39. The van der Waals surface area contributed by atoms with E-state index >= 15 is 0 Å². The Balaban J connectivity index is 1.69. The summed E-state index contributed by atoms with van der Waals surface area (Å²) in [5.74, 6) is 0.755. The molecule has 2 aliphatic carbocycles. The van der Waals surface area contributed by atoms with Crippen LogP contribution in [-0.4, -0.2) is 59.9 Å². The highest BCUT2D eigenvalue weighted by Gasteiger charge is 2.48. The molecule has 23 heavy (non-hydrogen) atoms. The molecule has 0 N–H and O–H groups in total. The van der Waals surface area contributed by atoms with Crippen molar-refractivity contribution in [1.29, 1.82) is 0 Å². The summed E-state index contributed by atoms with van der Waals surface area (Å²) in [4.78, 5) is 40.7. The van der Waals surface area contributed by atoms with E-state index in [1.54, 1.807) is 16.7 Å². The lowest BCUT2D eigenvalue weighted by molar-refractivity contribution is -0.161. The van der Waals surface area contributed by atoms with E-state index in [9.17, 15) is 14.4 Å². The van der Waals surface area contributed by atoms with Gasteiger partial charge in [0, 0.05) is 24.9 Å². The maximum Gasteiger partial charge on any atom is 0.330 e. The highest BCUT2D eigenvalue weighted by atomic mass is 16.5. The molecule has 0 bridgehead atoms. The number of ether oxygens (including phenoxy) is 1. The van der Waals surface area contributed by atoms with Crippen LogP contribution in [-0.2, 0) is 19.1 Å². The van der Waals surface area contributed by atoms with Crippen LogP contribution in [0.4, 0.5) is 0 Å². The quantitative estimate of drug-likeness (QED) is 0.721. The lowest BCUT2D eigenvalue weighted by Gasteiger charge is -2.40. The summed E-state index contributed by atoms with van der Waals surface area (Å²) < 4.78 is 5.14. The predicted octanol–water partition coefficient (Wildman–Crippen LogP) is 0.901. The molecule has 0 aromatic rings. The lowest BCUT2D eigenvalue weighted by atomic mass is 10.1. The van der Waals surface area contributed by atoms with Crippen molar-refractivity contribution < 1.29 is 19.1 Å². The Hall–Kier alpha value is -1.59. The van der Waals surface area contributed by atoms with Crippen LogP contribution in [0.25, 0.3) is 0 Å². The minimum absolute atomic E-state index is 0.0395. The van der Waals surface area contributed by atoms with Gasteiger partial charge >= 0.3 is 5.97 Å². The number of esters is 1. The van der Waals surface area contributed by atoms with Crippen molar-refractivity contribution >= 4 is 17.8 Å². The molecule has 0 radical (unpaired) electrons. The van der Waals surface area contributed by atoms with Gasteiger partial charge in [0.25, 0.3) is 0 Å². The van der Waals surface area contributed by atoms with Crippen molar-refractivity contribution in [3.8, 4) is 0 Å². The Morgan fingerprint density at radius 3 is 2.09 bits per heavy atom. The summed E-state index contributed by atoms with van der Waals surface area (Å²) in [6.07, 6.45) is 1.83. The van der Waals surface area contributed by atoms with Crippen molar-refractivity contribution in [3.05, 3.63) is 0 Å². The first-order valence-corrected chi connectivity index (χ1v) is 8.70. The number of piperazine rings is 1. The molecular formula is C17H26N2O4. The van der Waals surface area contributed by atoms with Gasteiger partial charge < -0.3 is 14.5 Å². The molecule has 0 unspecified atom stereocenters. The molecule has 128 valence electrons. The molecule has 1 heterocycles. The number of carbonyl (C=O) groups is 3. The fourth-order valence-corrected chi connectivity index (χ4v) is 3.47. The summed E-state index contributed by atoms with van der Waals surface area (Å²) in [6.45, 7) is 7.38. The van der Waals surface area contributed by atoms with E-state index in [-0.39, 0.29) is 36.8 Å². The normalized spacial score (nSPS) is 35.7. The third kappa shape index (κ3) is 3.21. The summed E-state index contributed by atoms with van der Waals surface area (Å²) in [6, 6.07) is -0.651. The predicted molar refractivity (Wildman–Crippen MR) is 83.3 cm³/mol. The second-order valence-electron chi connectivity index (χ2n) is 7.22. The molecule has 0 spiro atoms. The molecule has 1 aliphatic heterocycles. The van der Waals surface area contributed by atoms with Gasteiger partial charge in [-0.1, -0.05) is 13.8 Å². The van der Waals surface area contributed by atoms with Gasteiger partial charge in [-0.25, -0.2) is 4.79 Å². The number of nitrogens with zero attached hydrogens (tertiary/aromatic N) is 2. The Labute approximate surface area is 137 Å². The van der Waals surface area contributed by atoms with E-state index in [4.69, 9.17) is 4.74 Å². The van der Waals surface area contributed by atoms with Crippen molar-refractivity contribution in [2.75, 3.05) is 26.2 Å². The van der Waals surface area contributed by atoms with Crippen LogP contribution < -0.4 is 0 Å². The van der Waals surface area contributed by atoms with Crippen LogP contribution >= 0.6 is 0 Å². The molecule has 0 aromatic carbocycles. The first-order chi connectivity index (χ1) is 10.9. The average Bonchev–Trinajstić information content (AvgIpc) is 3.44. The number of hydrogen-bond donors (Lipinski definition) is 0. The zero-order chi connectivity index (χ0) is 16.7. The fourth-order valence-electron chi connectivity index (χ4n) is 3.47. The van der Waals surface area contributed by atoms with E-state index in [0.717, 1.165) is 12.8 Å². The lowest BCUT2D eigenvalue weighted by Crippen LogP contribution is -2.60. The molecule has 3 aliphatic rings. The maximum absolute atomic E-state index is 12.6. The van der Waals surface area contributed by atoms with Crippen LogP contribution in [0.5, 0.6) is 0 Å². The molecular weight excluding hydrogens is 296 g/mol. The van der Waals surface area contributed by atoms with Crippen molar-refractivity contribution in [3.63, 3.8) is 0 Å². The topological polar surface area (TPSA) is 66.9 Å². The number of hydrogen-bond acceptors (Lipinski definition) is 4. The van der Waals surface area contributed by atoms with E-state index in [1.165, 1.54) is 0 Å². The van der Waals surface area contributed by atoms with E-state index in [1.807, 2.05) is 0 Å².